The predicted molar refractivity (Wildman–Crippen MR) is 125 cm³/mol. The Kier molecular flexibility index (Phi) is 6.34. The molecule has 1 atom stereocenters. The third kappa shape index (κ3) is 4.02. The van der Waals surface area contributed by atoms with Gasteiger partial charge < -0.3 is 9.84 Å². The number of ether oxygens (including phenoxy) is 1. The van der Waals surface area contributed by atoms with Crippen LogP contribution in [0, 0.1) is 18.6 Å². The second kappa shape index (κ2) is 9.08. The van der Waals surface area contributed by atoms with Crippen LogP contribution in [-0.2, 0) is 9.59 Å². The number of Topliss-reactive ketones (excluding diaryl/α,β-unsaturated/α-hetero) is 1. The average Bonchev–Trinajstić information content (AvgIpc) is 3.05. The number of amides is 1. The maximum atomic E-state index is 14.0. The van der Waals surface area contributed by atoms with Crippen LogP contribution in [-0.4, -0.2) is 23.9 Å². The lowest BCUT2D eigenvalue weighted by Gasteiger charge is -2.26. The summed E-state index contributed by atoms with van der Waals surface area (Å²) in [6, 6.07) is 11.4. The van der Waals surface area contributed by atoms with E-state index in [1.54, 1.807) is 18.2 Å². The van der Waals surface area contributed by atoms with Crippen molar-refractivity contribution in [1.29, 1.82) is 0 Å². The number of hydrogen-bond donors (Lipinski definition) is 1. The van der Waals surface area contributed by atoms with Gasteiger partial charge in [0.25, 0.3) is 11.7 Å². The minimum Gasteiger partial charge on any atom is -0.507 e. The zero-order valence-electron chi connectivity index (χ0n) is 17.9. The first-order chi connectivity index (χ1) is 16.1. The van der Waals surface area contributed by atoms with Crippen molar-refractivity contribution >= 4 is 46.3 Å². The van der Waals surface area contributed by atoms with Gasteiger partial charge in [-0.25, -0.2) is 8.78 Å². The second-order valence-electron chi connectivity index (χ2n) is 7.65. The summed E-state index contributed by atoms with van der Waals surface area (Å²) in [5.74, 6) is -4.65. The average molecular weight is 504 g/mol. The molecule has 174 valence electrons. The third-order valence-corrected chi connectivity index (χ3v) is 6.02. The monoisotopic (exact) mass is 503 g/mol. The molecule has 0 spiro atoms. The summed E-state index contributed by atoms with van der Waals surface area (Å²) in [5, 5.41) is 11.3. The van der Waals surface area contributed by atoms with Crippen molar-refractivity contribution in [3.8, 4) is 5.75 Å². The number of carbonyl (C=O) groups excluding carboxylic acids is 2. The number of aliphatic hydroxyl groups is 1. The summed E-state index contributed by atoms with van der Waals surface area (Å²) in [7, 11) is 1.37. The zero-order chi connectivity index (χ0) is 24.7. The molecule has 4 rings (SSSR count). The first-order valence-corrected chi connectivity index (χ1v) is 10.8. The van der Waals surface area contributed by atoms with Crippen molar-refractivity contribution < 1.29 is 28.2 Å². The minimum atomic E-state index is -1.18. The number of halogens is 4. The van der Waals surface area contributed by atoms with Crippen LogP contribution in [0.25, 0.3) is 5.76 Å². The van der Waals surface area contributed by atoms with Gasteiger partial charge in [0.2, 0.25) is 0 Å². The predicted octanol–water partition coefficient (Wildman–Crippen LogP) is 6.21. The highest BCUT2D eigenvalue weighted by Crippen LogP contribution is 2.44. The number of aryl methyl sites for hydroxylation is 1. The quantitative estimate of drug-likeness (QED) is 0.261. The Bertz CT molecular complexity index is 1350. The molecule has 3 aromatic rings. The van der Waals surface area contributed by atoms with Gasteiger partial charge in [0, 0.05) is 17.3 Å². The molecule has 0 aliphatic carbocycles. The largest absolute Gasteiger partial charge is 0.507 e. The zero-order valence-corrected chi connectivity index (χ0v) is 19.4. The summed E-state index contributed by atoms with van der Waals surface area (Å²) in [5.41, 5.74) is 1.09. The van der Waals surface area contributed by atoms with Gasteiger partial charge in [-0.15, -0.1) is 0 Å². The van der Waals surface area contributed by atoms with Crippen LogP contribution in [0.4, 0.5) is 14.5 Å². The van der Waals surface area contributed by atoms with E-state index in [1.165, 1.54) is 25.3 Å². The number of aliphatic hydroxyl groups excluding tert-OH is 1. The molecule has 1 N–H and O–H groups in total. The number of rotatable bonds is 4. The Morgan fingerprint density at radius 3 is 2.26 bits per heavy atom. The number of ketones is 1. The molecule has 0 aromatic heterocycles. The molecule has 3 aromatic carbocycles. The molecule has 1 saturated heterocycles. The fourth-order valence-corrected chi connectivity index (χ4v) is 4.58. The summed E-state index contributed by atoms with van der Waals surface area (Å²) >= 11 is 12.4. The Morgan fingerprint density at radius 1 is 1.00 bits per heavy atom. The summed E-state index contributed by atoms with van der Waals surface area (Å²) in [6.07, 6.45) is 0. The lowest BCUT2D eigenvalue weighted by molar-refractivity contribution is -0.132. The van der Waals surface area contributed by atoms with E-state index in [1.807, 2.05) is 13.0 Å². The van der Waals surface area contributed by atoms with Crippen LogP contribution in [0.15, 0.2) is 60.2 Å². The normalized spacial score (nSPS) is 17.4. The molecule has 1 unspecified atom stereocenters. The summed E-state index contributed by atoms with van der Waals surface area (Å²) in [6.45, 7) is 1.82. The molecule has 1 fully saturated rings. The SMILES string of the molecule is COc1c(Cl)cc(/C(O)=C2\C(=O)C(=O)N(c3ccc(F)c(F)c3)C2c2cccc(C)c2)cc1Cl. The van der Waals surface area contributed by atoms with E-state index in [2.05, 4.69) is 0 Å². The Balaban J connectivity index is 1.98. The Morgan fingerprint density at radius 2 is 1.68 bits per heavy atom. The van der Waals surface area contributed by atoms with Crippen molar-refractivity contribution in [3.63, 3.8) is 0 Å². The Hall–Kier alpha value is -3.42. The molecule has 0 saturated carbocycles. The number of carbonyl (C=O) groups is 2. The van der Waals surface area contributed by atoms with Crippen LogP contribution in [0.3, 0.4) is 0 Å². The van der Waals surface area contributed by atoms with Gasteiger partial charge in [-0.2, -0.15) is 0 Å². The van der Waals surface area contributed by atoms with Gasteiger partial charge in [-0.1, -0.05) is 53.0 Å². The molecule has 1 heterocycles. The van der Waals surface area contributed by atoms with Crippen molar-refractivity contribution in [3.05, 3.63) is 98.5 Å². The number of hydrogen-bond acceptors (Lipinski definition) is 4. The lowest BCUT2D eigenvalue weighted by Crippen LogP contribution is -2.29. The van der Waals surface area contributed by atoms with Crippen molar-refractivity contribution in [1.82, 2.24) is 0 Å². The van der Waals surface area contributed by atoms with Crippen LogP contribution in [0.2, 0.25) is 10.0 Å². The number of nitrogens with zero attached hydrogens (tertiary/aromatic N) is 1. The topological polar surface area (TPSA) is 66.8 Å². The van der Waals surface area contributed by atoms with Gasteiger partial charge in [0.05, 0.1) is 28.8 Å². The maximum Gasteiger partial charge on any atom is 0.300 e. The molecule has 5 nitrogen and oxygen atoms in total. The van der Waals surface area contributed by atoms with Gasteiger partial charge in [-0.3, -0.25) is 14.5 Å². The molecule has 1 aliphatic rings. The summed E-state index contributed by atoms with van der Waals surface area (Å²) in [4.78, 5) is 27.3. The molecular weight excluding hydrogens is 487 g/mol. The first-order valence-electron chi connectivity index (χ1n) is 10.00. The number of methoxy groups -OCH3 is 1. The molecular formula is C25H17Cl2F2NO4. The fourth-order valence-electron chi connectivity index (χ4n) is 3.94. The van der Waals surface area contributed by atoms with E-state index in [0.29, 0.717) is 5.56 Å². The number of benzene rings is 3. The van der Waals surface area contributed by atoms with Gasteiger partial charge in [0.1, 0.15) is 5.76 Å². The van der Waals surface area contributed by atoms with E-state index in [-0.39, 0.29) is 32.6 Å². The molecule has 1 aliphatic heterocycles. The molecule has 1 amide bonds. The number of anilines is 1. The van der Waals surface area contributed by atoms with E-state index < -0.39 is 35.1 Å². The van der Waals surface area contributed by atoms with Gasteiger partial charge in [0.15, 0.2) is 17.4 Å². The standard InChI is InChI=1S/C25H17Cl2F2NO4/c1-12-4-3-5-13(8-12)21-20(22(31)14-9-16(26)24(34-2)17(27)10-14)23(32)25(33)30(21)15-6-7-18(28)19(29)11-15/h3-11,21,31H,1-2H3/b22-20+. The lowest BCUT2D eigenvalue weighted by atomic mass is 9.94. The van der Waals surface area contributed by atoms with Crippen molar-refractivity contribution in [2.75, 3.05) is 12.0 Å². The Labute approximate surface area is 203 Å². The maximum absolute atomic E-state index is 14.0. The van der Waals surface area contributed by atoms with Gasteiger partial charge in [-0.05, 0) is 36.8 Å². The van der Waals surface area contributed by atoms with Gasteiger partial charge >= 0.3 is 0 Å². The second-order valence-corrected chi connectivity index (χ2v) is 8.47. The van der Waals surface area contributed by atoms with E-state index in [4.69, 9.17) is 27.9 Å². The molecule has 0 bridgehead atoms. The van der Waals surface area contributed by atoms with Crippen molar-refractivity contribution in [2.45, 2.75) is 13.0 Å². The van der Waals surface area contributed by atoms with Crippen LogP contribution >= 0.6 is 23.2 Å². The first kappa shape index (κ1) is 23.7. The van der Waals surface area contributed by atoms with Crippen molar-refractivity contribution in [2.24, 2.45) is 0 Å². The smallest absolute Gasteiger partial charge is 0.300 e. The molecule has 9 heteroatoms. The van der Waals surface area contributed by atoms with E-state index in [0.717, 1.165) is 22.6 Å². The molecule has 0 radical (unpaired) electrons. The minimum absolute atomic E-state index is 0.0441. The van der Waals surface area contributed by atoms with Crippen LogP contribution in [0.5, 0.6) is 5.75 Å². The summed E-state index contributed by atoms with van der Waals surface area (Å²) < 4.78 is 32.7. The molecule has 34 heavy (non-hydrogen) atoms. The highest BCUT2D eigenvalue weighted by Gasteiger charge is 2.47. The van der Waals surface area contributed by atoms with Crippen LogP contribution in [0.1, 0.15) is 22.7 Å². The van der Waals surface area contributed by atoms with Crippen LogP contribution < -0.4 is 9.64 Å². The third-order valence-electron chi connectivity index (χ3n) is 5.46. The van der Waals surface area contributed by atoms with E-state index >= 15 is 0 Å². The highest BCUT2D eigenvalue weighted by atomic mass is 35.5. The van der Waals surface area contributed by atoms with E-state index in [9.17, 15) is 23.5 Å². The highest BCUT2D eigenvalue weighted by molar-refractivity contribution is 6.51. The fraction of sp³-hybridized carbons (Fsp3) is 0.120.